The average molecular weight is 403 g/mol. The lowest BCUT2D eigenvalue weighted by Gasteiger charge is -2.08. The van der Waals surface area contributed by atoms with Gasteiger partial charge in [0, 0.05) is 16.8 Å². The lowest BCUT2D eigenvalue weighted by Crippen LogP contribution is -2.15. The van der Waals surface area contributed by atoms with Crippen molar-refractivity contribution in [3.8, 4) is 11.5 Å². The predicted molar refractivity (Wildman–Crippen MR) is 107 cm³/mol. The van der Waals surface area contributed by atoms with Gasteiger partial charge in [0.2, 0.25) is 5.91 Å². The first kappa shape index (κ1) is 18.8. The second kappa shape index (κ2) is 8.61. The van der Waals surface area contributed by atoms with Crippen LogP contribution in [0.3, 0.4) is 0 Å². The maximum atomic E-state index is 12.0. The number of amides is 1. The molecule has 0 atom stereocenters. The van der Waals surface area contributed by atoms with Crippen LogP contribution in [0.5, 0.6) is 11.5 Å². The van der Waals surface area contributed by atoms with Gasteiger partial charge in [0.25, 0.3) is 5.56 Å². The number of nitrogens with two attached hydrogens (primary N) is 1. The SMILES string of the molecule is Nc1cc(=O)[nH]c(SCC(=O)Nc2ccc(Oc3ccc(Cl)cc3)cc2)n1. The Morgan fingerprint density at radius 3 is 2.41 bits per heavy atom. The highest BCUT2D eigenvalue weighted by Gasteiger charge is 2.07. The fraction of sp³-hybridized carbons (Fsp3) is 0.0556. The van der Waals surface area contributed by atoms with Crippen molar-refractivity contribution >= 4 is 40.8 Å². The van der Waals surface area contributed by atoms with E-state index in [9.17, 15) is 9.59 Å². The third-order valence-corrected chi connectivity index (χ3v) is 4.39. The molecule has 3 aromatic rings. The summed E-state index contributed by atoms with van der Waals surface area (Å²) < 4.78 is 5.69. The zero-order chi connectivity index (χ0) is 19.2. The van der Waals surface area contributed by atoms with Crippen LogP contribution in [0.4, 0.5) is 11.5 Å². The van der Waals surface area contributed by atoms with Gasteiger partial charge in [0.05, 0.1) is 5.75 Å². The standard InChI is InChI=1S/C18H15ClN4O3S/c19-11-1-5-13(6-2-11)26-14-7-3-12(4-8-14)21-17(25)10-27-18-22-15(20)9-16(24)23-18/h1-9H,10H2,(H,21,25)(H3,20,22,23,24). The minimum Gasteiger partial charge on any atom is -0.457 e. The van der Waals surface area contributed by atoms with E-state index in [1.807, 2.05) is 0 Å². The molecule has 27 heavy (non-hydrogen) atoms. The number of carbonyl (C=O) groups is 1. The number of thioether (sulfide) groups is 1. The van der Waals surface area contributed by atoms with Crippen LogP contribution in [0, 0.1) is 0 Å². The molecule has 1 aromatic heterocycles. The summed E-state index contributed by atoms with van der Waals surface area (Å²) in [7, 11) is 0. The number of nitrogens with one attached hydrogen (secondary N) is 2. The molecule has 0 aliphatic rings. The molecule has 7 nitrogen and oxygen atoms in total. The Balaban J connectivity index is 1.53. The van der Waals surface area contributed by atoms with Crippen molar-refractivity contribution in [1.29, 1.82) is 0 Å². The van der Waals surface area contributed by atoms with E-state index >= 15 is 0 Å². The lowest BCUT2D eigenvalue weighted by molar-refractivity contribution is -0.113. The van der Waals surface area contributed by atoms with Gasteiger partial charge < -0.3 is 20.8 Å². The summed E-state index contributed by atoms with van der Waals surface area (Å²) in [6.07, 6.45) is 0. The van der Waals surface area contributed by atoms with Crippen molar-refractivity contribution in [2.45, 2.75) is 5.16 Å². The number of halogens is 1. The lowest BCUT2D eigenvalue weighted by atomic mass is 10.3. The van der Waals surface area contributed by atoms with Crippen LogP contribution in [0.25, 0.3) is 0 Å². The Morgan fingerprint density at radius 1 is 1.15 bits per heavy atom. The molecule has 0 aliphatic heterocycles. The van der Waals surface area contributed by atoms with Gasteiger partial charge >= 0.3 is 0 Å². The monoisotopic (exact) mass is 402 g/mol. The number of hydrogen-bond acceptors (Lipinski definition) is 6. The van der Waals surface area contributed by atoms with Crippen LogP contribution < -0.4 is 21.3 Å². The highest BCUT2D eigenvalue weighted by Crippen LogP contribution is 2.24. The van der Waals surface area contributed by atoms with Gasteiger partial charge in [-0.2, -0.15) is 0 Å². The first-order chi connectivity index (χ1) is 13.0. The van der Waals surface area contributed by atoms with Gasteiger partial charge in [-0.3, -0.25) is 9.59 Å². The third kappa shape index (κ3) is 5.77. The first-order valence-corrected chi connectivity index (χ1v) is 9.17. The zero-order valence-electron chi connectivity index (χ0n) is 13.9. The molecule has 1 heterocycles. The molecule has 2 aromatic carbocycles. The van der Waals surface area contributed by atoms with E-state index in [4.69, 9.17) is 22.1 Å². The Kier molecular flexibility index (Phi) is 6.00. The molecule has 0 unspecified atom stereocenters. The summed E-state index contributed by atoms with van der Waals surface area (Å²) in [5.74, 6) is 1.24. The van der Waals surface area contributed by atoms with Crippen LogP contribution in [0.15, 0.2) is 64.5 Å². The number of rotatable bonds is 6. The molecule has 0 aliphatic carbocycles. The van der Waals surface area contributed by atoms with Crippen LogP contribution in [-0.4, -0.2) is 21.6 Å². The highest BCUT2D eigenvalue weighted by molar-refractivity contribution is 7.99. The number of aromatic amines is 1. The molecule has 0 radical (unpaired) electrons. The van der Waals surface area contributed by atoms with Gasteiger partial charge in [-0.25, -0.2) is 4.98 Å². The second-order valence-corrected chi connectivity index (χ2v) is 6.79. The predicted octanol–water partition coefficient (Wildman–Crippen LogP) is 3.53. The molecule has 0 saturated carbocycles. The molecular formula is C18H15ClN4O3S. The molecule has 3 rings (SSSR count). The van der Waals surface area contributed by atoms with Gasteiger partial charge in [0.1, 0.15) is 17.3 Å². The van der Waals surface area contributed by atoms with Gasteiger partial charge in [0.15, 0.2) is 5.16 Å². The minimum absolute atomic E-state index is 0.0788. The Bertz CT molecular complexity index is 991. The minimum atomic E-state index is -0.360. The van der Waals surface area contributed by atoms with Crippen molar-refractivity contribution in [1.82, 2.24) is 9.97 Å². The first-order valence-electron chi connectivity index (χ1n) is 7.81. The maximum Gasteiger partial charge on any atom is 0.253 e. The van der Waals surface area contributed by atoms with Gasteiger partial charge in [-0.15, -0.1) is 0 Å². The molecule has 0 bridgehead atoms. The van der Waals surface area contributed by atoms with Crippen molar-refractivity contribution < 1.29 is 9.53 Å². The average Bonchev–Trinajstić information content (AvgIpc) is 2.63. The number of hydrogen-bond donors (Lipinski definition) is 3. The highest BCUT2D eigenvalue weighted by atomic mass is 35.5. The zero-order valence-corrected chi connectivity index (χ0v) is 15.5. The Hall–Kier alpha value is -2.97. The van der Waals surface area contributed by atoms with Gasteiger partial charge in [-0.1, -0.05) is 23.4 Å². The summed E-state index contributed by atoms with van der Waals surface area (Å²) in [5, 5.41) is 3.68. The summed E-state index contributed by atoms with van der Waals surface area (Å²) in [6.45, 7) is 0. The number of H-pyrrole nitrogens is 1. The normalized spacial score (nSPS) is 10.4. The van der Waals surface area contributed by atoms with Crippen molar-refractivity contribution in [2.24, 2.45) is 0 Å². The molecule has 0 fully saturated rings. The quantitative estimate of drug-likeness (QED) is 0.429. The number of anilines is 2. The van der Waals surface area contributed by atoms with E-state index in [1.165, 1.54) is 6.07 Å². The smallest absolute Gasteiger partial charge is 0.253 e. The summed E-state index contributed by atoms with van der Waals surface area (Å²) >= 11 is 6.93. The molecule has 0 spiro atoms. The Labute approximate surface area is 163 Å². The number of nitrogens with zero attached hydrogens (tertiary/aromatic N) is 1. The van der Waals surface area contributed by atoms with E-state index in [-0.39, 0.29) is 23.0 Å². The van der Waals surface area contributed by atoms with E-state index in [0.29, 0.717) is 27.4 Å². The van der Waals surface area contributed by atoms with Gasteiger partial charge in [-0.05, 0) is 48.5 Å². The summed E-state index contributed by atoms with van der Waals surface area (Å²) in [5.41, 5.74) is 5.77. The van der Waals surface area contributed by atoms with Crippen LogP contribution in [0.1, 0.15) is 0 Å². The topological polar surface area (TPSA) is 110 Å². The molecule has 1 amide bonds. The summed E-state index contributed by atoms with van der Waals surface area (Å²) in [6, 6.07) is 15.1. The van der Waals surface area contributed by atoms with E-state index in [2.05, 4.69) is 15.3 Å². The molecule has 9 heteroatoms. The second-order valence-electron chi connectivity index (χ2n) is 5.39. The molecule has 0 saturated heterocycles. The maximum absolute atomic E-state index is 12.0. The summed E-state index contributed by atoms with van der Waals surface area (Å²) in [4.78, 5) is 29.8. The van der Waals surface area contributed by atoms with E-state index in [1.54, 1.807) is 48.5 Å². The van der Waals surface area contributed by atoms with Crippen molar-refractivity contribution in [2.75, 3.05) is 16.8 Å². The molecule has 138 valence electrons. The van der Waals surface area contributed by atoms with Crippen molar-refractivity contribution in [3.05, 3.63) is 70.0 Å². The molecule has 4 N–H and O–H groups in total. The third-order valence-electron chi connectivity index (χ3n) is 3.27. The number of aromatic nitrogens is 2. The largest absolute Gasteiger partial charge is 0.457 e. The van der Waals surface area contributed by atoms with E-state index < -0.39 is 0 Å². The fourth-order valence-corrected chi connectivity index (χ4v) is 2.91. The van der Waals surface area contributed by atoms with E-state index in [0.717, 1.165) is 11.8 Å². The number of ether oxygens (including phenoxy) is 1. The van der Waals surface area contributed by atoms with Crippen molar-refractivity contribution in [3.63, 3.8) is 0 Å². The van der Waals surface area contributed by atoms with Crippen LogP contribution >= 0.6 is 23.4 Å². The number of benzene rings is 2. The number of nitrogen functional groups attached to an aromatic ring is 1. The van der Waals surface area contributed by atoms with Crippen LogP contribution in [-0.2, 0) is 4.79 Å². The Morgan fingerprint density at radius 2 is 1.78 bits per heavy atom. The number of carbonyl (C=O) groups excluding carboxylic acids is 1. The fourth-order valence-electron chi connectivity index (χ4n) is 2.10. The molecular weight excluding hydrogens is 388 g/mol. The van der Waals surface area contributed by atoms with Crippen LogP contribution in [0.2, 0.25) is 5.02 Å².